The molecular formula is C15H25NO3. The summed E-state index contributed by atoms with van der Waals surface area (Å²) in [4.78, 5) is 0. The van der Waals surface area contributed by atoms with Gasteiger partial charge in [-0.15, -0.1) is 0 Å². The zero-order chi connectivity index (χ0) is 13.8. The molecule has 0 aromatic rings. The number of ether oxygens (including phenoxy) is 2. The van der Waals surface area contributed by atoms with Gasteiger partial charge in [0.15, 0.2) is 0 Å². The largest absolute Gasteiger partial charge is 0.391 e. The first-order valence-electron chi connectivity index (χ1n) is 7.28. The number of hydrogen-bond acceptors (Lipinski definition) is 4. The van der Waals surface area contributed by atoms with Gasteiger partial charge in [-0.25, -0.2) is 0 Å². The van der Waals surface area contributed by atoms with Gasteiger partial charge in [-0.05, 0) is 40.0 Å². The second kappa shape index (κ2) is 4.29. The quantitative estimate of drug-likeness (QED) is 0.598. The third-order valence-electron chi connectivity index (χ3n) is 5.10. The van der Waals surface area contributed by atoms with Crippen LogP contribution in [0.5, 0.6) is 0 Å². The van der Waals surface area contributed by atoms with E-state index in [1.54, 1.807) is 0 Å². The number of allylic oxidation sites excluding steroid dienone is 1. The van der Waals surface area contributed by atoms with Crippen LogP contribution < -0.4 is 5.73 Å². The summed E-state index contributed by atoms with van der Waals surface area (Å²) in [5.74, 6) is 0.0133. The summed E-state index contributed by atoms with van der Waals surface area (Å²) in [6.07, 6.45) is 4.57. The molecule has 0 aromatic carbocycles. The van der Waals surface area contributed by atoms with E-state index in [2.05, 4.69) is 26.8 Å². The van der Waals surface area contributed by atoms with Crippen molar-refractivity contribution in [1.82, 2.24) is 0 Å². The molecule has 2 saturated heterocycles. The summed E-state index contributed by atoms with van der Waals surface area (Å²) in [6.45, 7) is 7.04. The second-order valence-electron chi connectivity index (χ2n) is 6.83. The van der Waals surface area contributed by atoms with Crippen molar-refractivity contribution in [2.24, 2.45) is 11.7 Å². The van der Waals surface area contributed by atoms with Gasteiger partial charge in [0.2, 0.25) is 0 Å². The molecule has 2 aliphatic heterocycles. The van der Waals surface area contributed by atoms with Gasteiger partial charge in [0, 0.05) is 12.0 Å². The van der Waals surface area contributed by atoms with Crippen molar-refractivity contribution in [2.75, 3.05) is 6.61 Å². The van der Waals surface area contributed by atoms with E-state index in [0.717, 1.165) is 25.9 Å². The van der Waals surface area contributed by atoms with Gasteiger partial charge in [-0.1, -0.05) is 11.6 Å². The van der Waals surface area contributed by atoms with Gasteiger partial charge < -0.3 is 20.3 Å². The van der Waals surface area contributed by atoms with E-state index < -0.39 is 6.10 Å². The number of rotatable bonds is 3. The summed E-state index contributed by atoms with van der Waals surface area (Å²) in [5.41, 5.74) is 6.90. The van der Waals surface area contributed by atoms with Crippen molar-refractivity contribution < 1.29 is 14.6 Å². The van der Waals surface area contributed by atoms with Gasteiger partial charge >= 0.3 is 0 Å². The Morgan fingerprint density at radius 2 is 2.16 bits per heavy atom. The topological polar surface area (TPSA) is 71.3 Å². The Bertz CT molecular complexity index is 400. The molecule has 3 rings (SSSR count). The average Bonchev–Trinajstić information content (AvgIpc) is 3.22. The number of nitrogens with two attached hydrogens (primary N) is 1. The molecule has 1 spiro atoms. The molecule has 6 atom stereocenters. The van der Waals surface area contributed by atoms with Gasteiger partial charge in [0.05, 0.1) is 24.4 Å². The third-order valence-corrected chi connectivity index (χ3v) is 5.10. The first kappa shape index (κ1) is 13.6. The average molecular weight is 267 g/mol. The van der Waals surface area contributed by atoms with E-state index in [-0.39, 0.29) is 29.3 Å². The van der Waals surface area contributed by atoms with Gasteiger partial charge in [0.1, 0.15) is 5.60 Å². The second-order valence-corrected chi connectivity index (χ2v) is 6.83. The van der Waals surface area contributed by atoms with Gasteiger partial charge in [-0.3, -0.25) is 0 Å². The number of aliphatic hydroxyl groups excluding tert-OH is 1. The summed E-state index contributed by atoms with van der Waals surface area (Å²) < 4.78 is 11.6. The molecule has 108 valence electrons. The monoisotopic (exact) mass is 267 g/mol. The predicted octanol–water partition coefficient (Wildman–Crippen LogP) is 1.37. The lowest BCUT2D eigenvalue weighted by atomic mass is 9.68. The van der Waals surface area contributed by atoms with E-state index >= 15 is 0 Å². The van der Waals surface area contributed by atoms with Crippen LogP contribution in [0.15, 0.2) is 11.6 Å². The molecule has 1 unspecified atom stereocenters. The number of epoxide rings is 2. The van der Waals surface area contributed by atoms with Crippen LogP contribution in [0.2, 0.25) is 0 Å². The highest BCUT2D eigenvalue weighted by Gasteiger charge is 2.71. The standard InChI is InChI=1S/C15H25NO3/c1-9(2)4-5-11-14(3,19-11)13-12(17)10(16)6-7-15(13)8-18-15/h4,10-13,17H,5-8,16H2,1-3H3/t10-,11-,12-,13-,14?,15+/m1/s1. The van der Waals surface area contributed by atoms with E-state index in [1.165, 1.54) is 5.57 Å². The minimum Gasteiger partial charge on any atom is -0.391 e. The Kier molecular flexibility index (Phi) is 3.06. The fourth-order valence-corrected chi connectivity index (χ4v) is 3.74. The highest BCUT2D eigenvalue weighted by atomic mass is 16.6. The van der Waals surface area contributed by atoms with E-state index in [0.29, 0.717) is 0 Å². The van der Waals surface area contributed by atoms with E-state index in [9.17, 15) is 5.11 Å². The normalized spacial score (nSPS) is 52.1. The smallest absolute Gasteiger partial charge is 0.100 e. The molecule has 3 fully saturated rings. The molecule has 3 N–H and O–H groups in total. The van der Waals surface area contributed by atoms with Crippen LogP contribution in [0.1, 0.15) is 40.0 Å². The van der Waals surface area contributed by atoms with E-state index in [1.807, 2.05) is 0 Å². The fraction of sp³-hybridized carbons (Fsp3) is 0.867. The van der Waals surface area contributed by atoms with Crippen molar-refractivity contribution in [3.63, 3.8) is 0 Å². The highest BCUT2D eigenvalue weighted by Crippen LogP contribution is 2.58. The lowest BCUT2D eigenvalue weighted by molar-refractivity contribution is -0.0367. The Morgan fingerprint density at radius 1 is 1.47 bits per heavy atom. The Labute approximate surface area is 115 Å². The Morgan fingerprint density at radius 3 is 2.74 bits per heavy atom. The summed E-state index contributed by atoms with van der Waals surface area (Å²) in [7, 11) is 0. The molecular weight excluding hydrogens is 242 g/mol. The Hall–Kier alpha value is -0.420. The van der Waals surface area contributed by atoms with Crippen LogP contribution in [0.3, 0.4) is 0 Å². The first-order valence-corrected chi connectivity index (χ1v) is 7.28. The lowest BCUT2D eigenvalue weighted by Crippen LogP contribution is -2.56. The minimum atomic E-state index is -0.516. The molecule has 0 bridgehead atoms. The molecule has 1 saturated carbocycles. The minimum absolute atomic E-state index is 0.0133. The van der Waals surface area contributed by atoms with Crippen molar-refractivity contribution in [3.8, 4) is 0 Å². The van der Waals surface area contributed by atoms with Gasteiger partial charge in [-0.2, -0.15) is 0 Å². The molecule has 4 heteroatoms. The van der Waals surface area contributed by atoms with Crippen molar-refractivity contribution >= 4 is 0 Å². The highest BCUT2D eigenvalue weighted by molar-refractivity contribution is 5.20. The van der Waals surface area contributed by atoms with Crippen LogP contribution >= 0.6 is 0 Å². The molecule has 2 heterocycles. The van der Waals surface area contributed by atoms with Crippen molar-refractivity contribution in [1.29, 1.82) is 0 Å². The maximum Gasteiger partial charge on any atom is 0.100 e. The maximum absolute atomic E-state index is 10.5. The van der Waals surface area contributed by atoms with Crippen LogP contribution in [0, 0.1) is 5.92 Å². The SMILES string of the molecule is CC(C)=CC[C@H]1OC1(C)[C@H]1[C@H](O)[C@H](N)CC[C@]12CO2. The zero-order valence-corrected chi connectivity index (χ0v) is 12.1. The molecule has 0 amide bonds. The van der Waals surface area contributed by atoms with Gasteiger partial charge in [0.25, 0.3) is 0 Å². The number of aliphatic hydroxyl groups is 1. The lowest BCUT2D eigenvalue weighted by Gasteiger charge is -2.40. The summed E-state index contributed by atoms with van der Waals surface area (Å²) >= 11 is 0. The molecule has 19 heavy (non-hydrogen) atoms. The molecule has 3 aliphatic rings. The van der Waals surface area contributed by atoms with E-state index in [4.69, 9.17) is 15.2 Å². The van der Waals surface area contributed by atoms with Crippen LogP contribution in [-0.2, 0) is 9.47 Å². The number of hydrogen-bond donors (Lipinski definition) is 2. The van der Waals surface area contributed by atoms with Crippen molar-refractivity contribution in [3.05, 3.63) is 11.6 Å². The maximum atomic E-state index is 10.5. The molecule has 1 aliphatic carbocycles. The summed E-state index contributed by atoms with van der Waals surface area (Å²) in [5, 5.41) is 10.5. The molecule has 0 radical (unpaired) electrons. The molecule has 0 aromatic heterocycles. The zero-order valence-electron chi connectivity index (χ0n) is 12.1. The predicted molar refractivity (Wildman–Crippen MR) is 72.7 cm³/mol. The Balaban J connectivity index is 1.75. The third kappa shape index (κ3) is 2.15. The van der Waals surface area contributed by atoms with Crippen LogP contribution in [0.25, 0.3) is 0 Å². The fourth-order valence-electron chi connectivity index (χ4n) is 3.74. The van der Waals surface area contributed by atoms with Crippen LogP contribution in [0.4, 0.5) is 0 Å². The molecule has 4 nitrogen and oxygen atoms in total. The summed E-state index contributed by atoms with van der Waals surface area (Å²) in [6, 6.07) is -0.148. The van der Waals surface area contributed by atoms with Crippen molar-refractivity contribution in [2.45, 2.75) is 69.5 Å². The first-order chi connectivity index (χ1) is 8.89. The van der Waals surface area contributed by atoms with Crippen LogP contribution in [-0.4, -0.2) is 41.2 Å².